The molecule has 4 rings (SSSR count). The van der Waals surface area contributed by atoms with Gasteiger partial charge < -0.3 is 9.32 Å². The van der Waals surface area contributed by atoms with E-state index >= 15 is 0 Å². The Bertz CT molecular complexity index is 960. The third-order valence-electron chi connectivity index (χ3n) is 4.39. The molecule has 25 heavy (non-hydrogen) atoms. The first-order valence-electron chi connectivity index (χ1n) is 8.21. The molecule has 1 N–H and O–H groups in total. The van der Waals surface area contributed by atoms with E-state index in [0.29, 0.717) is 16.8 Å². The lowest BCUT2D eigenvalue weighted by atomic mass is 10.2. The predicted octanol–water partition coefficient (Wildman–Crippen LogP) is 3.15. The smallest absolute Gasteiger partial charge is 0.298 e. The number of benzene rings is 1. The highest BCUT2D eigenvalue weighted by Gasteiger charge is 2.30. The molecule has 2 aromatic heterocycles. The molecule has 8 heteroatoms. The van der Waals surface area contributed by atoms with E-state index in [4.69, 9.17) is 4.42 Å². The molecule has 0 bridgehead atoms. The maximum atomic E-state index is 12.4. The first-order chi connectivity index (χ1) is 12.0. The van der Waals surface area contributed by atoms with Crippen LogP contribution in [0.5, 0.6) is 0 Å². The minimum Gasteiger partial charge on any atom is -0.423 e. The summed E-state index contributed by atoms with van der Waals surface area (Å²) in [5.41, 5.74) is 1.57. The van der Waals surface area contributed by atoms with Crippen molar-refractivity contribution in [2.75, 3.05) is 18.0 Å². The number of sulfonamides is 1. The van der Waals surface area contributed by atoms with Gasteiger partial charge in [-0.15, -0.1) is 11.3 Å². The van der Waals surface area contributed by atoms with Gasteiger partial charge in [0.2, 0.25) is 10.0 Å². The molecule has 1 atom stereocenters. The molecule has 0 amide bonds. The summed E-state index contributed by atoms with van der Waals surface area (Å²) >= 11 is 1.28. The van der Waals surface area contributed by atoms with E-state index < -0.39 is 10.0 Å². The van der Waals surface area contributed by atoms with Gasteiger partial charge in [0.15, 0.2) is 5.58 Å². The number of anilines is 1. The number of nitrogens with zero attached hydrogens (tertiary/aromatic N) is 2. The second kappa shape index (κ2) is 6.44. The Labute approximate surface area is 150 Å². The zero-order chi connectivity index (χ0) is 17.4. The molecule has 6 nitrogen and oxygen atoms in total. The number of hydrogen-bond acceptors (Lipinski definition) is 6. The fraction of sp³-hybridized carbons (Fsp3) is 0.353. The molecule has 0 aliphatic carbocycles. The average Bonchev–Trinajstić information content (AvgIpc) is 3.31. The summed E-state index contributed by atoms with van der Waals surface area (Å²) in [6.07, 6.45) is 1.90. The molecule has 3 aromatic rings. The van der Waals surface area contributed by atoms with Gasteiger partial charge >= 0.3 is 0 Å². The Morgan fingerprint density at radius 2 is 2.16 bits per heavy atom. The fourth-order valence-electron chi connectivity index (χ4n) is 3.12. The zero-order valence-corrected chi connectivity index (χ0v) is 15.4. The summed E-state index contributed by atoms with van der Waals surface area (Å²) in [6, 6.07) is 11.7. The lowest BCUT2D eigenvalue weighted by Crippen LogP contribution is -2.40. The van der Waals surface area contributed by atoms with E-state index in [9.17, 15) is 8.42 Å². The van der Waals surface area contributed by atoms with Gasteiger partial charge in [0.25, 0.3) is 6.01 Å². The summed E-state index contributed by atoms with van der Waals surface area (Å²) in [5.74, 6) is 0. The highest BCUT2D eigenvalue weighted by Crippen LogP contribution is 2.28. The normalized spacial score (nSPS) is 18.3. The maximum Gasteiger partial charge on any atom is 0.298 e. The molecule has 0 saturated carbocycles. The van der Waals surface area contributed by atoms with Crippen molar-refractivity contribution in [3.8, 4) is 0 Å². The monoisotopic (exact) mass is 377 g/mol. The van der Waals surface area contributed by atoms with Crippen LogP contribution in [-0.2, 0) is 10.0 Å². The number of aryl methyl sites for hydroxylation is 1. The SMILES string of the molecule is Cc1ccc(S(=O)(=O)NCC2CCCN2c2nc3ccccc3o2)s1. The van der Waals surface area contributed by atoms with Gasteiger partial charge in [-0.1, -0.05) is 12.1 Å². The first-order valence-corrected chi connectivity index (χ1v) is 10.5. The van der Waals surface area contributed by atoms with Crippen molar-refractivity contribution in [1.82, 2.24) is 9.71 Å². The molecule has 1 aromatic carbocycles. The molecule has 1 fully saturated rings. The number of oxazole rings is 1. The van der Waals surface area contributed by atoms with Gasteiger partial charge in [-0.05, 0) is 44.0 Å². The number of thiophene rings is 1. The average molecular weight is 377 g/mol. The highest BCUT2D eigenvalue weighted by atomic mass is 32.2. The summed E-state index contributed by atoms with van der Waals surface area (Å²) in [4.78, 5) is 7.57. The van der Waals surface area contributed by atoms with Crippen molar-refractivity contribution >= 4 is 38.5 Å². The van der Waals surface area contributed by atoms with Crippen molar-refractivity contribution in [3.63, 3.8) is 0 Å². The number of nitrogens with one attached hydrogen (secondary N) is 1. The minimum absolute atomic E-state index is 0.0453. The van der Waals surface area contributed by atoms with E-state index in [1.54, 1.807) is 6.07 Å². The van der Waals surface area contributed by atoms with Crippen LogP contribution in [0, 0.1) is 6.92 Å². The van der Waals surface area contributed by atoms with Crippen LogP contribution in [-0.4, -0.2) is 32.5 Å². The summed E-state index contributed by atoms with van der Waals surface area (Å²) in [6.45, 7) is 3.06. The van der Waals surface area contributed by atoms with Crippen LogP contribution in [0.3, 0.4) is 0 Å². The Balaban J connectivity index is 1.50. The summed E-state index contributed by atoms with van der Waals surface area (Å²) in [7, 11) is -3.47. The highest BCUT2D eigenvalue weighted by molar-refractivity contribution is 7.91. The molecular weight excluding hydrogens is 358 g/mol. The predicted molar refractivity (Wildman–Crippen MR) is 98.6 cm³/mol. The van der Waals surface area contributed by atoms with E-state index in [1.807, 2.05) is 37.3 Å². The zero-order valence-electron chi connectivity index (χ0n) is 13.8. The third kappa shape index (κ3) is 3.29. The second-order valence-electron chi connectivity index (χ2n) is 6.17. The molecule has 1 aliphatic rings. The van der Waals surface area contributed by atoms with Gasteiger partial charge in [-0.2, -0.15) is 4.98 Å². The van der Waals surface area contributed by atoms with Crippen LogP contribution in [0.1, 0.15) is 17.7 Å². The quantitative estimate of drug-likeness (QED) is 0.739. The molecular formula is C17H19N3O3S2. The molecule has 0 spiro atoms. The molecule has 1 saturated heterocycles. The van der Waals surface area contributed by atoms with Crippen LogP contribution in [0.2, 0.25) is 0 Å². The molecule has 0 radical (unpaired) electrons. The Kier molecular flexibility index (Phi) is 4.26. The standard InChI is InChI=1S/C17H19N3O3S2/c1-12-8-9-16(24-12)25(21,22)18-11-13-5-4-10-20(13)17-19-14-6-2-3-7-15(14)23-17/h2-3,6-9,13,18H,4-5,10-11H2,1H3. The number of aromatic nitrogens is 1. The van der Waals surface area contributed by atoms with Gasteiger partial charge in [0, 0.05) is 24.0 Å². The number of para-hydroxylation sites is 2. The van der Waals surface area contributed by atoms with Gasteiger partial charge in [0.05, 0.1) is 0 Å². The lowest BCUT2D eigenvalue weighted by molar-refractivity contribution is 0.534. The fourth-order valence-corrected chi connectivity index (χ4v) is 5.52. The summed E-state index contributed by atoms with van der Waals surface area (Å²) in [5, 5.41) is 0. The van der Waals surface area contributed by atoms with E-state index in [-0.39, 0.29) is 6.04 Å². The molecule has 132 valence electrons. The van der Waals surface area contributed by atoms with Crippen LogP contribution < -0.4 is 9.62 Å². The van der Waals surface area contributed by atoms with E-state index in [2.05, 4.69) is 14.6 Å². The molecule has 1 aliphatic heterocycles. The van der Waals surface area contributed by atoms with Crippen LogP contribution >= 0.6 is 11.3 Å². The molecule has 1 unspecified atom stereocenters. The van der Waals surface area contributed by atoms with Crippen molar-refractivity contribution < 1.29 is 12.8 Å². The number of fused-ring (bicyclic) bond motifs is 1. The van der Waals surface area contributed by atoms with Crippen molar-refractivity contribution in [1.29, 1.82) is 0 Å². The van der Waals surface area contributed by atoms with Gasteiger partial charge in [0.1, 0.15) is 9.73 Å². The molecule has 3 heterocycles. The third-order valence-corrected chi connectivity index (χ3v) is 7.31. The summed E-state index contributed by atoms with van der Waals surface area (Å²) < 4.78 is 33.8. The van der Waals surface area contributed by atoms with Gasteiger partial charge in [-0.25, -0.2) is 13.1 Å². The first kappa shape index (κ1) is 16.6. The van der Waals surface area contributed by atoms with Crippen molar-refractivity contribution in [2.24, 2.45) is 0 Å². The number of rotatable bonds is 5. The lowest BCUT2D eigenvalue weighted by Gasteiger charge is -2.22. The second-order valence-corrected chi connectivity index (χ2v) is 9.45. The minimum atomic E-state index is -3.47. The Morgan fingerprint density at radius 3 is 2.92 bits per heavy atom. The number of hydrogen-bond donors (Lipinski definition) is 1. The van der Waals surface area contributed by atoms with Crippen molar-refractivity contribution in [3.05, 3.63) is 41.3 Å². The Hall–Kier alpha value is -1.90. The Morgan fingerprint density at radius 1 is 1.32 bits per heavy atom. The van der Waals surface area contributed by atoms with Crippen LogP contribution in [0.25, 0.3) is 11.1 Å². The largest absolute Gasteiger partial charge is 0.423 e. The van der Waals surface area contributed by atoms with E-state index in [1.165, 1.54) is 11.3 Å². The van der Waals surface area contributed by atoms with Crippen LogP contribution in [0.4, 0.5) is 6.01 Å². The van der Waals surface area contributed by atoms with Crippen molar-refractivity contribution in [2.45, 2.75) is 30.0 Å². The van der Waals surface area contributed by atoms with Gasteiger partial charge in [-0.3, -0.25) is 0 Å². The van der Waals surface area contributed by atoms with E-state index in [0.717, 1.165) is 35.4 Å². The maximum absolute atomic E-state index is 12.4. The van der Waals surface area contributed by atoms with Crippen LogP contribution in [0.15, 0.2) is 45.0 Å². The topological polar surface area (TPSA) is 75.4 Å².